The van der Waals surface area contributed by atoms with Gasteiger partial charge in [0, 0.05) is 20.0 Å². The molecule has 0 aromatic rings. The van der Waals surface area contributed by atoms with Gasteiger partial charge in [0.1, 0.15) is 6.79 Å². The molecule has 178 valence electrons. The Labute approximate surface area is 192 Å². The standard InChI is InChI=1S/C24H39ClO6/c1-18(16-26)14-19-15-24(5,28-17-27-6)20(29-19)11-12-23(4)21(10-8-7-9-13-25)30-22(2,3)31-23/h14,19-21,26H,8,10-13,15-17H2,1-6H3/b18-14+/t19-,20+,21+,23+,24-/m1/s1. The topological polar surface area (TPSA) is 66.4 Å². The molecule has 0 spiro atoms. The molecule has 0 aliphatic carbocycles. The van der Waals surface area contributed by atoms with Gasteiger partial charge >= 0.3 is 0 Å². The number of methoxy groups -OCH3 is 1. The van der Waals surface area contributed by atoms with Crippen molar-refractivity contribution in [2.75, 3.05) is 26.4 Å². The molecule has 0 unspecified atom stereocenters. The van der Waals surface area contributed by atoms with Crippen LogP contribution in [0, 0.1) is 11.8 Å². The van der Waals surface area contributed by atoms with Crippen LogP contribution < -0.4 is 0 Å². The molecule has 2 aliphatic rings. The average Bonchev–Trinajstić information content (AvgIpc) is 3.14. The van der Waals surface area contributed by atoms with E-state index in [-0.39, 0.29) is 31.7 Å². The Morgan fingerprint density at radius 2 is 1.94 bits per heavy atom. The second-order valence-corrected chi connectivity index (χ2v) is 9.65. The van der Waals surface area contributed by atoms with Crippen molar-refractivity contribution in [3.05, 3.63) is 11.6 Å². The first-order valence-electron chi connectivity index (χ1n) is 11.0. The van der Waals surface area contributed by atoms with E-state index in [1.807, 2.05) is 26.8 Å². The molecule has 6 nitrogen and oxygen atoms in total. The number of hydrogen-bond donors (Lipinski definition) is 1. The molecule has 2 rings (SSSR count). The van der Waals surface area contributed by atoms with Crippen LogP contribution in [0.25, 0.3) is 0 Å². The molecule has 0 saturated carbocycles. The van der Waals surface area contributed by atoms with E-state index in [4.69, 9.17) is 35.3 Å². The van der Waals surface area contributed by atoms with Gasteiger partial charge in [-0.1, -0.05) is 12.0 Å². The van der Waals surface area contributed by atoms with E-state index >= 15 is 0 Å². The SMILES string of the molecule is COCO[C@]1(C)C[C@@H](/C=C(\C)CO)O[C@H]1CC[C@]1(C)OC(C)(C)O[C@H]1CCC#CCCl. The minimum atomic E-state index is -0.644. The van der Waals surface area contributed by atoms with Crippen molar-refractivity contribution in [2.45, 2.75) is 102 Å². The van der Waals surface area contributed by atoms with Crippen LogP contribution in [0.3, 0.4) is 0 Å². The highest BCUT2D eigenvalue weighted by Crippen LogP contribution is 2.44. The Balaban J connectivity index is 2.10. The lowest BCUT2D eigenvalue weighted by atomic mass is 9.85. The van der Waals surface area contributed by atoms with Gasteiger partial charge in [-0.25, -0.2) is 0 Å². The third-order valence-electron chi connectivity index (χ3n) is 6.07. The highest BCUT2D eigenvalue weighted by atomic mass is 35.5. The Bertz CT molecular complexity index is 669. The Kier molecular flexibility index (Phi) is 9.84. The first kappa shape index (κ1) is 26.6. The molecule has 0 aromatic heterocycles. The largest absolute Gasteiger partial charge is 0.392 e. The Hall–Kier alpha value is -0.650. The third kappa shape index (κ3) is 7.43. The van der Waals surface area contributed by atoms with Gasteiger partial charge in [-0.15, -0.1) is 17.5 Å². The van der Waals surface area contributed by atoms with Crippen LogP contribution in [-0.2, 0) is 23.7 Å². The lowest BCUT2D eigenvalue weighted by molar-refractivity contribution is -0.167. The maximum Gasteiger partial charge on any atom is 0.164 e. The Morgan fingerprint density at radius 1 is 1.19 bits per heavy atom. The van der Waals surface area contributed by atoms with Gasteiger partial charge in [-0.05, 0) is 59.5 Å². The Morgan fingerprint density at radius 3 is 2.58 bits per heavy atom. The summed E-state index contributed by atoms with van der Waals surface area (Å²) in [6.45, 7) is 10.2. The van der Waals surface area contributed by atoms with Crippen LogP contribution in [0.15, 0.2) is 11.6 Å². The van der Waals surface area contributed by atoms with Gasteiger partial charge in [0.15, 0.2) is 5.79 Å². The van der Waals surface area contributed by atoms with Crippen molar-refractivity contribution in [2.24, 2.45) is 0 Å². The van der Waals surface area contributed by atoms with Gasteiger partial charge < -0.3 is 28.8 Å². The normalized spacial score (nSPS) is 35.2. The second-order valence-electron chi connectivity index (χ2n) is 9.39. The molecule has 2 fully saturated rings. The summed E-state index contributed by atoms with van der Waals surface area (Å²) in [6.07, 6.45) is 5.40. The molecule has 7 heteroatoms. The molecular formula is C24H39ClO6. The number of hydrogen-bond acceptors (Lipinski definition) is 6. The summed E-state index contributed by atoms with van der Waals surface area (Å²) in [4.78, 5) is 0. The number of alkyl halides is 1. The fourth-order valence-corrected chi connectivity index (χ4v) is 4.67. The van der Waals surface area contributed by atoms with Crippen molar-refractivity contribution in [3.63, 3.8) is 0 Å². The molecule has 0 bridgehead atoms. The van der Waals surface area contributed by atoms with Gasteiger partial charge in [0.05, 0.1) is 42.0 Å². The van der Waals surface area contributed by atoms with Crippen molar-refractivity contribution >= 4 is 11.6 Å². The average molecular weight is 459 g/mol. The fourth-order valence-electron chi connectivity index (χ4n) is 4.57. The minimum absolute atomic E-state index is 0.0206. The van der Waals surface area contributed by atoms with Crippen LogP contribution in [-0.4, -0.2) is 66.8 Å². The molecular weight excluding hydrogens is 420 g/mol. The molecule has 31 heavy (non-hydrogen) atoms. The summed E-state index contributed by atoms with van der Waals surface area (Å²) < 4.78 is 30.1. The molecule has 2 heterocycles. The first-order chi connectivity index (χ1) is 14.6. The summed E-state index contributed by atoms with van der Waals surface area (Å²) in [5, 5.41) is 9.37. The maximum atomic E-state index is 9.37. The summed E-state index contributed by atoms with van der Waals surface area (Å²) in [7, 11) is 1.62. The predicted molar refractivity (Wildman–Crippen MR) is 121 cm³/mol. The lowest BCUT2D eigenvalue weighted by Crippen LogP contribution is -2.42. The fraction of sp³-hybridized carbons (Fsp3) is 0.833. The second kappa shape index (κ2) is 11.5. The predicted octanol–water partition coefficient (Wildman–Crippen LogP) is 4.17. The lowest BCUT2D eigenvalue weighted by Gasteiger charge is -2.34. The zero-order valence-electron chi connectivity index (χ0n) is 19.8. The minimum Gasteiger partial charge on any atom is -0.392 e. The maximum absolute atomic E-state index is 9.37. The summed E-state index contributed by atoms with van der Waals surface area (Å²) >= 11 is 5.65. The van der Waals surface area contributed by atoms with E-state index in [1.54, 1.807) is 7.11 Å². The van der Waals surface area contributed by atoms with Gasteiger partial charge in [-0.2, -0.15) is 0 Å². The van der Waals surface area contributed by atoms with Crippen molar-refractivity contribution in [3.8, 4) is 11.8 Å². The highest BCUT2D eigenvalue weighted by molar-refractivity contribution is 6.19. The zero-order chi connectivity index (χ0) is 23.1. The number of ether oxygens (including phenoxy) is 5. The van der Waals surface area contributed by atoms with E-state index in [9.17, 15) is 5.11 Å². The first-order valence-corrected chi connectivity index (χ1v) is 11.6. The molecule has 2 aliphatic heterocycles. The molecule has 0 radical (unpaired) electrons. The molecule has 2 saturated heterocycles. The van der Waals surface area contributed by atoms with Crippen molar-refractivity contribution in [1.82, 2.24) is 0 Å². The molecule has 0 amide bonds. The smallest absolute Gasteiger partial charge is 0.164 e. The third-order valence-corrected chi connectivity index (χ3v) is 6.20. The van der Waals surface area contributed by atoms with Crippen LogP contribution in [0.4, 0.5) is 0 Å². The van der Waals surface area contributed by atoms with Gasteiger partial charge in [-0.3, -0.25) is 0 Å². The van der Waals surface area contributed by atoms with E-state index in [2.05, 4.69) is 25.7 Å². The van der Waals surface area contributed by atoms with Crippen LogP contribution in [0.1, 0.15) is 66.7 Å². The molecule has 5 atom stereocenters. The van der Waals surface area contributed by atoms with Crippen molar-refractivity contribution < 1.29 is 28.8 Å². The number of aliphatic hydroxyl groups is 1. The van der Waals surface area contributed by atoms with E-state index in [0.717, 1.165) is 24.8 Å². The van der Waals surface area contributed by atoms with Gasteiger partial charge in [0.25, 0.3) is 0 Å². The van der Waals surface area contributed by atoms with Crippen LogP contribution in [0.2, 0.25) is 0 Å². The van der Waals surface area contributed by atoms with Crippen LogP contribution >= 0.6 is 11.6 Å². The summed E-state index contributed by atoms with van der Waals surface area (Å²) in [5.74, 6) is 5.69. The van der Waals surface area contributed by atoms with Crippen LogP contribution in [0.5, 0.6) is 0 Å². The monoisotopic (exact) mass is 458 g/mol. The molecule has 1 N–H and O–H groups in total. The van der Waals surface area contributed by atoms with E-state index in [0.29, 0.717) is 18.7 Å². The quantitative estimate of drug-likeness (QED) is 0.229. The zero-order valence-corrected chi connectivity index (χ0v) is 20.6. The van der Waals surface area contributed by atoms with Crippen molar-refractivity contribution in [1.29, 1.82) is 0 Å². The summed E-state index contributed by atoms with van der Waals surface area (Å²) in [5.41, 5.74) is -0.0503. The van der Waals surface area contributed by atoms with E-state index < -0.39 is 17.0 Å². The number of halogens is 1. The van der Waals surface area contributed by atoms with Gasteiger partial charge in [0.2, 0.25) is 0 Å². The number of rotatable bonds is 10. The number of aliphatic hydroxyl groups excluding tert-OH is 1. The summed E-state index contributed by atoms with van der Waals surface area (Å²) in [6, 6.07) is 0. The molecule has 0 aromatic carbocycles. The highest BCUT2D eigenvalue weighted by Gasteiger charge is 2.52. The van der Waals surface area contributed by atoms with E-state index in [1.165, 1.54) is 0 Å².